The SMILES string of the molecule is CCN(CC(N)=O)C(Cc1ccc(C)cc1)C1CC1. The van der Waals surface area contributed by atoms with Gasteiger partial charge in [0.1, 0.15) is 0 Å². The fourth-order valence-corrected chi connectivity index (χ4v) is 2.70. The van der Waals surface area contributed by atoms with Gasteiger partial charge in [0.2, 0.25) is 5.91 Å². The zero-order chi connectivity index (χ0) is 13.8. The lowest BCUT2D eigenvalue weighted by atomic mass is 9.99. The van der Waals surface area contributed by atoms with Crippen LogP contribution in [0, 0.1) is 12.8 Å². The van der Waals surface area contributed by atoms with E-state index in [9.17, 15) is 4.79 Å². The molecule has 1 aromatic carbocycles. The predicted octanol–water partition coefficient (Wildman–Crippen LogP) is 2.12. The molecule has 0 bridgehead atoms. The number of amides is 1. The van der Waals surface area contributed by atoms with E-state index in [-0.39, 0.29) is 5.91 Å². The highest BCUT2D eigenvalue weighted by molar-refractivity contribution is 5.76. The molecule has 104 valence electrons. The summed E-state index contributed by atoms with van der Waals surface area (Å²) in [6, 6.07) is 9.17. The molecule has 0 saturated heterocycles. The molecule has 1 fully saturated rings. The van der Waals surface area contributed by atoms with Crippen LogP contribution in [0.25, 0.3) is 0 Å². The molecule has 1 amide bonds. The molecule has 0 heterocycles. The van der Waals surface area contributed by atoms with Gasteiger partial charge in [-0.25, -0.2) is 0 Å². The van der Waals surface area contributed by atoms with Crippen molar-refractivity contribution in [3.63, 3.8) is 0 Å². The van der Waals surface area contributed by atoms with Crippen LogP contribution in [0.2, 0.25) is 0 Å². The van der Waals surface area contributed by atoms with Crippen molar-refractivity contribution in [3.8, 4) is 0 Å². The van der Waals surface area contributed by atoms with Gasteiger partial charge in [0, 0.05) is 6.04 Å². The molecule has 1 atom stereocenters. The topological polar surface area (TPSA) is 46.3 Å². The van der Waals surface area contributed by atoms with Crippen LogP contribution in [0.5, 0.6) is 0 Å². The molecule has 0 aliphatic heterocycles. The molecule has 0 spiro atoms. The number of nitrogens with zero attached hydrogens (tertiary/aromatic N) is 1. The molecular weight excluding hydrogens is 236 g/mol. The van der Waals surface area contributed by atoms with Crippen LogP contribution in [0.3, 0.4) is 0 Å². The van der Waals surface area contributed by atoms with E-state index < -0.39 is 0 Å². The van der Waals surface area contributed by atoms with E-state index in [1.807, 2.05) is 0 Å². The van der Waals surface area contributed by atoms with Crippen LogP contribution in [0.1, 0.15) is 30.9 Å². The third kappa shape index (κ3) is 4.06. The van der Waals surface area contributed by atoms with Crippen LogP contribution in [0.15, 0.2) is 24.3 Å². The second kappa shape index (κ2) is 6.20. The maximum absolute atomic E-state index is 11.2. The number of carbonyl (C=O) groups is 1. The summed E-state index contributed by atoms with van der Waals surface area (Å²) in [6.45, 7) is 5.47. The van der Waals surface area contributed by atoms with Crippen molar-refractivity contribution in [1.82, 2.24) is 4.90 Å². The van der Waals surface area contributed by atoms with Crippen molar-refractivity contribution in [2.24, 2.45) is 11.7 Å². The molecule has 3 nitrogen and oxygen atoms in total. The summed E-state index contributed by atoms with van der Waals surface area (Å²) in [5, 5.41) is 0. The Balaban J connectivity index is 2.06. The van der Waals surface area contributed by atoms with Crippen molar-refractivity contribution in [3.05, 3.63) is 35.4 Å². The molecule has 0 radical (unpaired) electrons. The molecule has 1 unspecified atom stereocenters. The van der Waals surface area contributed by atoms with Gasteiger partial charge in [-0.15, -0.1) is 0 Å². The standard InChI is InChI=1S/C16H24N2O/c1-3-18(11-16(17)19)15(14-8-9-14)10-13-6-4-12(2)5-7-13/h4-7,14-15H,3,8-11H2,1-2H3,(H2,17,19). The maximum atomic E-state index is 11.2. The van der Waals surface area contributed by atoms with E-state index in [2.05, 4.69) is 43.0 Å². The number of hydrogen-bond donors (Lipinski definition) is 1. The van der Waals surface area contributed by atoms with Gasteiger partial charge in [0.05, 0.1) is 6.54 Å². The van der Waals surface area contributed by atoms with Crippen molar-refractivity contribution >= 4 is 5.91 Å². The lowest BCUT2D eigenvalue weighted by molar-refractivity contribution is -0.119. The van der Waals surface area contributed by atoms with Crippen molar-refractivity contribution in [2.75, 3.05) is 13.1 Å². The number of hydrogen-bond acceptors (Lipinski definition) is 2. The number of rotatable bonds is 7. The predicted molar refractivity (Wildman–Crippen MR) is 77.8 cm³/mol. The molecule has 3 heteroatoms. The summed E-state index contributed by atoms with van der Waals surface area (Å²) in [4.78, 5) is 13.4. The molecule has 0 aromatic heterocycles. The zero-order valence-corrected chi connectivity index (χ0v) is 11.9. The van der Waals surface area contributed by atoms with Gasteiger partial charge < -0.3 is 5.73 Å². The molecule has 2 N–H and O–H groups in total. The first-order valence-corrected chi connectivity index (χ1v) is 7.18. The van der Waals surface area contributed by atoms with Crippen LogP contribution in [-0.2, 0) is 11.2 Å². The largest absolute Gasteiger partial charge is 0.369 e. The Labute approximate surface area is 115 Å². The number of benzene rings is 1. The van der Waals surface area contributed by atoms with Crippen molar-refractivity contribution in [1.29, 1.82) is 0 Å². The van der Waals surface area contributed by atoms with E-state index in [4.69, 9.17) is 5.73 Å². The van der Waals surface area contributed by atoms with E-state index in [1.165, 1.54) is 24.0 Å². The quantitative estimate of drug-likeness (QED) is 0.816. The minimum atomic E-state index is -0.226. The normalized spacial score (nSPS) is 16.6. The van der Waals surface area contributed by atoms with Gasteiger partial charge in [0.25, 0.3) is 0 Å². The minimum Gasteiger partial charge on any atom is -0.369 e. The molecular formula is C16H24N2O. The number of aryl methyl sites for hydroxylation is 1. The first-order chi connectivity index (χ1) is 9.10. The van der Waals surface area contributed by atoms with E-state index >= 15 is 0 Å². The summed E-state index contributed by atoms with van der Waals surface area (Å²) in [5.74, 6) is 0.511. The fraction of sp³-hybridized carbons (Fsp3) is 0.562. The molecule has 1 aromatic rings. The average Bonchev–Trinajstić information content (AvgIpc) is 3.19. The van der Waals surface area contributed by atoms with Crippen LogP contribution in [-0.4, -0.2) is 29.9 Å². The third-order valence-corrected chi connectivity index (χ3v) is 3.97. The Morgan fingerprint density at radius 2 is 2.00 bits per heavy atom. The highest BCUT2D eigenvalue weighted by Crippen LogP contribution is 2.36. The third-order valence-electron chi connectivity index (χ3n) is 3.97. The second-order valence-corrected chi connectivity index (χ2v) is 5.62. The number of carbonyl (C=O) groups excluding carboxylic acids is 1. The lowest BCUT2D eigenvalue weighted by Gasteiger charge is -2.30. The zero-order valence-electron chi connectivity index (χ0n) is 11.9. The van der Waals surface area contributed by atoms with E-state index in [0.29, 0.717) is 12.6 Å². The Hall–Kier alpha value is -1.35. The van der Waals surface area contributed by atoms with Gasteiger partial charge >= 0.3 is 0 Å². The monoisotopic (exact) mass is 260 g/mol. The number of nitrogens with two attached hydrogens (primary N) is 1. The van der Waals surface area contributed by atoms with Gasteiger partial charge in [-0.3, -0.25) is 9.69 Å². The summed E-state index contributed by atoms with van der Waals surface area (Å²) < 4.78 is 0. The number of likely N-dealkylation sites (N-methyl/N-ethyl adjacent to an activating group) is 1. The molecule has 1 aliphatic carbocycles. The Kier molecular flexibility index (Phi) is 4.59. The summed E-state index contributed by atoms with van der Waals surface area (Å²) in [5.41, 5.74) is 8.00. The lowest BCUT2D eigenvalue weighted by Crippen LogP contribution is -2.43. The summed E-state index contributed by atoms with van der Waals surface area (Å²) in [6.07, 6.45) is 3.59. The highest BCUT2D eigenvalue weighted by Gasteiger charge is 2.35. The van der Waals surface area contributed by atoms with Crippen LogP contribution < -0.4 is 5.73 Å². The first-order valence-electron chi connectivity index (χ1n) is 7.18. The minimum absolute atomic E-state index is 0.226. The van der Waals surface area contributed by atoms with Gasteiger partial charge in [-0.1, -0.05) is 36.8 Å². The molecule has 19 heavy (non-hydrogen) atoms. The molecule has 2 rings (SSSR count). The second-order valence-electron chi connectivity index (χ2n) is 5.62. The molecule has 1 saturated carbocycles. The molecule has 1 aliphatic rings. The summed E-state index contributed by atoms with van der Waals surface area (Å²) >= 11 is 0. The number of primary amides is 1. The average molecular weight is 260 g/mol. The van der Waals surface area contributed by atoms with Gasteiger partial charge in [-0.2, -0.15) is 0 Å². The summed E-state index contributed by atoms with van der Waals surface area (Å²) in [7, 11) is 0. The Morgan fingerprint density at radius 3 is 2.47 bits per heavy atom. The maximum Gasteiger partial charge on any atom is 0.231 e. The van der Waals surface area contributed by atoms with Crippen LogP contribution in [0.4, 0.5) is 0 Å². The van der Waals surface area contributed by atoms with Gasteiger partial charge in [-0.05, 0) is 44.2 Å². The van der Waals surface area contributed by atoms with Crippen molar-refractivity contribution < 1.29 is 4.79 Å². The Morgan fingerprint density at radius 1 is 1.37 bits per heavy atom. The first kappa shape index (κ1) is 14.1. The highest BCUT2D eigenvalue weighted by atomic mass is 16.1. The van der Waals surface area contributed by atoms with E-state index in [0.717, 1.165) is 18.9 Å². The van der Waals surface area contributed by atoms with E-state index in [1.54, 1.807) is 0 Å². The fourth-order valence-electron chi connectivity index (χ4n) is 2.70. The van der Waals surface area contributed by atoms with Crippen LogP contribution >= 0.6 is 0 Å². The smallest absolute Gasteiger partial charge is 0.231 e. The van der Waals surface area contributed by atoms with Crippen molar-refractivity contribution in [2.45, 2.75) is 39.2 Å². The Bertz CT molecular complexity index is 423. The van der Waals surface area contributed by atoms with Gasteiger partial charge in [0.15, 0.2) is 0 Å².